The van der Waals surface area contributed by atoms with Gasteiger partial charge in [0.05, 0.1) is 18.6 Å². The Balaban J connectivity index is 2.09. The van der Waals surface area contributed by atoms with E-state index in [1.54, 1.807) is 12.1 Å². The molecular formula is C12H14N2O3S2. The molecule has 0 amide bonds. The van der Waals surface area contributed by atoms with Crippen LogP contribution in [0.2, 0.25) is 0 Å². The van der Waals surface area contributed by atoms with Gasteiger partial charge in [0.1, 0.15) is 10.8 Å². The van der Waals surface area contributed by atoms with Crippen molar-refractivity contribution in [1.29, 1.82) is 0 Å². The number of thiazole rings is 1. The van der Waals surface area contributed by atoms with Crippen LogP contribution in [0, 0.1) is 6.92 Å². The van der Waals surface area contributed by atoms with Crippen LogP contribution in [0.4, 0.5) is 0 Å². The predicted molar refractivity (Wildman–Crippen MR) is 73.9 cm³/mol. The Bertz CT molecular complexity index is 648. The number of methoxy groups -OCH3 is 1. The summed E-state index contributed by atoms with van der Waals surface area (Å²) in [7, 11) is -1.98. The summed E-state index contributed by atoms with van der Waals surface area (Å²) < 4.78 is 31.6. The summed E-state index contributed by atoms with van der Waals surface area (Å²) in [5.41, 5.74) is 0.892. The molecule has 0 unspecified atom stereocenters. The van der Waals surface area contributed by atoms with Crippen LogP contribution in [-0.2, 0) is 16.6 Å². The molecule has 0 atom stereocenters. The lowest BCUT2D eigenvalue weighted by Gasteiger charge is -2.06. The van der Waals surface area contributed by atoms with Crippen molar-refractivity contribution in [3.8, 4) is 5.75 Å². The third kappa shape index (κ3) is 3.52. The normalized spacial score (nSPS) is 11.5. The molecule has 7 heteroatoms. The molecule has 1 aromatic carbocycles. The molecule has 1 heterocycles. The van der Waals surface area contributed by atoms with Crippen LogP contribution >= 0.6 is 11.3 Å². The van der Waals surface area contributed by atoms with Gasteiger partial charge in [0.25, 0.3) is 0 Å². The number of ether oxygens (including phenoxy) is 1. The van der Waals surface area contributed by atoms with Crippen LogP contribution in [0.1, 0.15) is 10.7 Å². The second-order valence-corrected chi connectivity index (χ2v) is 6.59. The van der Waals surface area contributed by atoms with E-state index in [9.17, 15) is 8.42 Å². The minimum Gasteiger partial charge on any atom is -0.497 e. The zero-order chi connectivity index (χ0) is 13.9. The molecule has 0 saturated heterocycles. The number of benzene rings is 1. The first kappa shape index (κ1) is 14.0. The fraction of sp³-hybridized carbons (Fsp3) is 0.250. The van der Waals surface area contributed by atoms with Crippen LogP contribution in [0.3, 0.4) is 0 Å². The highest BCUT2D eigenvalue weighted by Gasteiger charge is 2.14. The SMILES string of the molecule is COc1ccc(S(=O)(=O)NCc2nc(C)cs2)cc1. The Morgan fingerprint density at radius 1 is 1.32 bits per heavy atom. The van der Waals surface area contributed by atoms with Gasteiger partial charge in [-0.2, -0.15) is 0 Å². The van der Waals surface area contributed by atoms with E-state index in [4.69, 9.17) is 4.74 Å². The van der Waals surface area contributed by atoms with E-state index in [1.165, 1.54) is 30.6 Å². The maximum absolute atomic E-state index is 12.0. The summed E-state index contributed by atoms with van der Waals surface area (Å²) in [6.45, 7) is 2.07. The van der Waals surface area contributed by atoms with Gasteiger partial charge in [-0.1, -0.05) is 0 Å². The van der Waals surface area contributed by atoms with E-state index in [0.717, 1.165) is 10.7 Å². The second-order valence-electron chi connectivity index (χ2n) is 3.88. The monoisotopic (exact) mass is 298 g/mol. The first-order chi connectivity index (χ1) is 9.01. The number of rotatable bonds is 5. The molecule has 0 fully saturated rings. The molecule has 1 aromatic heterocycles. The second kappa shape index (κ2) is 5.68. The number of sulfonamides is 1. The molecule has 5 nitrogen and oxygen atoms in total. The van der Waals surface area contributed by atoms with Gasteiger partial charge in [-0.15, -0.1) is 11.3 Å². The van der Waals surface area contributed by atoms with Gasteiger partial charge in [-0.3, -0.25) is 0 Å². The smallest absolute Gasteiger partial charge is 0.240 e. The molecule has 1 N–H and O–H groups in total. The van der Waals surface area contributed by atoms with Crippen molar-refractivity contribution in [3.63, 3.8) is 0 Å². The van der Waals surface area contributed by atoms with Crippen LogP contribution in [0.15, 0.2) is 34.5 Å². The van der Waals surface area contributed by atoms with Crippen LogP contribution in [0.25, 0.3) is 0 Å². The first-order valence-electron chi connectivity index (χ1n) is 5.56. The van der Waals surface area contributed by atoms with Gasteiger partial charge < -0.3 is 4.74 Å². The summed E-state index contributed by atoms with van der Waals surface area (Å²) >= 11 is 1.43. The summed E-state index contributed by atoms with van der Waals surface area (Å²) in [4.78, 5) is 4.42. The number of aryl methyl sites for hydroxylation is 1. The lowest BCUT2D eigenvalue weighted by Crippen LogP contribution is -2.23. The van der Waals surface area contributed by atoms with Crippen LogP contribution < -0.4 is 9.46 Å². The average molecular weight is 298 g/mol. The fourth-order valence-corrected chi connectivity index (χ4v) is 3.27. The molecule has 0 aliphatic rings. The van der Waals surface area contributed by atoms with Crippen LogP contribution in [-0.4, -0.2) is 20.5 Å². The van der Waals surface area contributed by atoms with E-state index in [1.807, 2.05) is 12.3 Å². The maximum Gasteiger partial charge on any atom is 0.240 e. The van der Waals surface area contributed by atoms with E-state index < -0.39 is 10.0 Å². The van der Waals surface area contributed by atoms with Crippen molar-refractivity contribution in [1.82, 2.24) is 9.71 Å². The molecule has 0 radical (unpaired) electrons. The summed E-state index contributed by atoms with van der Waals surface area (Å²) in [5.74, 6) is 0.620. The summed E-state index contributed by atoms with van der Waals surface area (Å²) in [6.07, 6.45) is 0. The van der Waals surface area contributed by atoms with E-state index in [0.29, 0.717) is 5.75 Å². The van der Waals surface area contributed by atoms with E-state index in [-0.39, 0.29) is 11.4 Å². The summed E-state index contributed by atoms with van der Waals surface area (Å²) in [6, 6.07) is 6.24. The van der Waals surface area contributed by atoms with Crippen molar-refractivity contribution in [3.05, 3.63) is 40.3 Å². The highest BCUT2D eigenvalue weighted by Crippen LogP contribution is 2.16. The van der Waals surface area contributed by atoms with Crippen molar-refractivity contribution < 1.29 is 13.2 Å². The largest absolute Gasteiger partial charge is 0.497 e. The standard InChI is InChI=1S/C12H14N2O3S2/c1-9-8-18-12(14-9)7-13-19(15,16)11-5-3-10(17-2)4-6-11/h3-6,8,13H,7H2,1-2H3. The molecular weight excluding hydrogens is 284 g/mol. The lowest BCUT2D eigenvalue weighted by molar-refractivity contribution is 0.414. The third-order valence-electron chi connectivity index (χ3n) is 2.45. The Hall–Kier alpha value is -1.44. The van der Waals surface area contributed by atoms with Gasteiger partial charge in [0, 0.05) is 11.1 Å². The fourth-order valence-electron chi connectivity index (χ4n) is 1.48. The van der Waals surface area contributed by atoms with Gasteiger partial charge in [0.15, 0.2) is 0 Å². The minimum absolute atomic E-state index is 0.201. The predicted octanol–water partition coefficient (Wildman–Crippen LogP) is 1.94. The molecule has 0 spiro atoms. The molecule has 0 bridgehead atoms. The number of aromatic nitrogens is 1. The number of hydrogen-bond donors (Lipinski definition) is 1. The van der Waals surface area contributed by atoms with Gasteiger partial charge in [0.2, 0.25) is 10.0 Å². The highest BCUT2D eigenvalue weighted by molar-refractivity contribution is 7.89. The van der Waals surface area contributed by atoms with E-state index in [2.05, 4.69) is 9.71 Å². The number of nitrogens with zero attached hydrogens (tertiary/aromatic N) is 1. The molecule has 2 aromatic rings. The number of nitrogens with one attached hydrogen (secondary N) is 1. The van der Waals surface area contributed by atoms with Gasteiger partial charge >= 0.3 is 0 Å². The molecule has 2 rings (SSSR count). The van der Waals surface area contributed by atoms with Crippen molar-refractivity contribution >= 4 is 21.4 Å². The molecule has 19 heavy (non-hydrogen) atoms. The van der Waals surface area contributed by atoms with Gasteiger partial charge in [-0.25, -0.2) is 18.1 Å². The Morgan fingerprint density at radius 2 is 2.00 bits per heavy atom. The number of hydrogen-bond acceptors (Lipinski definition) is 5. The topological polar surface area (TPSA) is 68.3 Å². The Labute approximate surface area is 116 Å². The highest BCUT2D eigenvalue weighted by atomic mass is 32.2. The molecule has 102 valence electrons. The zero-order valence-corrected chi connectivity index (χ0v) is 12.2. The lowest BCUT2D eigenvalue weighted by atomic mass is 10.3. The molecule has 0 aliphatic carbocycles. The van der Waals surface area contributed by atoms with Crippen molar-refractivity contribution in [2.75, 3.05) is 7.11 Å². The van der Waals surface area contributed by atoms with Crippen LogP contribution in [0.5, 0.6) is 5.75 Å². The Morgan fingerprint density at radius 3 is 2.53 bits per heavy atom. The minimum atomic E-state index is -3.51. The quantitative estimate of drug-likeness (QED) is 0.916. The zero-order valence-electron chi connectivity index (χ0n) is 10.6. The third-order valence-corrected chi connectivity index (χ3v) is 4.83. The maximum atomic E-state index is 12.0. The summed E-state index contributed by atoms with van der Waals surface area (Å²) in [5, 5.41) is 2.63. The first-order valence-corrected chi connectivity index (χ1v) is 7.92. The van der Waals surface area contributed by atoms with E-state index >= 15 is 0 Å². The Kier molecular flexibility index (Phi) is 4.18. The van der Waals surface area contributed by atoms with Crippen molar-refractivity contribution in [2.24, 2.45) is 0 Å². The van der Waals surface area contributed by atoms with Crippen molar-refractivity contribution in [2.45, 2.75) is 18.4 Å². The molecule has 0 aliphatic heterocycles. The van der Waals surface area contributed by atoms with Gasteiger partial charge in [-0.05, 0) is 31.2 Å². The molecule has 0 saturated carbocycles. The average Bonchev–Trinajstić information content (AvgIpc) is 2.82.